The Labute approximate surface area is 140 Å². The number of amides is 2. The molecule has 7 heteroatoms. The monoisotopic (exact) mass is 333 g/mol. The topological polar surface area (TPSA) is 73.9 Å². The zero-order chi connectivity index (χ0) is 16.6. The Hall–Kier alpha value is -1.89. The summed E-state index contributed by atoms with van der Waals surface area (Å²) in [6, 6.07) is 0.101. The maximum absolute atomic E-state index is 12.6. The van der Waals surface area contributed by atoms with Gasteiger partial charge in [0.05, 0.1) is 29.0 Å². The Morgan fingerprint density at radius 3 is 2.78 bits per heavy atom. The second kappa shape index (κ2) is 6.31. The first kappa shape index (κ1) is 16.0. The number of aromatic amines is 1. The lowest BCUT2D eigenvalue weighted by Crippen LogP contribution is -2.39. The van der Waals surface area contributed by atoms with Gasteiger partial charge in [-0.3, -0.25) is 5.10 Å². The van der Waals surface area contributed by atoms with E-state index in [0.29, 0.717) is 6.54 Å². The Kier molecular flexibility index (Phi) is 4.39. The van der Waals surface area contributed by atoms with Crippen LogP contribution in [0.2, 0.25) is 0 Å². The number of urea groups is 1. The summed E-state index contributed by atoms with van der Waals surface area (Å²) in [5, 5.41) is 11.4. The maximum atomic E-state index is 12.6. The minimum Gasteiger partial charge on any atom is -0.332 e. The largest absolute Gasteiger partial charge is 0.332 e. The highest BCUT2D eigenvalue weighted by atomic mass is 32.1. The Morgan fingerprint density at radius 1 is 1.39 bits per heavy atom. The Morgan fingerprint density at radius 2 is 2.17 bits per heavy atom. The molecule has 23 heavy (non-hydrogen) atoms. The van der Waals surface area contributed by atoms with Crippen molar-refractivity contribution in [2.24, 2.45) is 0 Å². The highest BCUT2D eigenvalue weighted by molar-refractivity contribution is 7.11. The van der Waals surface area contributed by atoms with Gasteiger partial charge in [0.1, 0.15) is 0 Å². The molecule has 1 aliphatic heterocycles. The summed E-state index contributed by atoms with van der Waals surface area (Å²) in [6.07, 6.45) is 2.01. The van der Waals surface area contributed by atoms with Gasteiger partial charge in [0.25, 0.3) is 0 Å². The second-order valence-corrected chi connectivity index (χ2v) is 7.50. The van der Waals surface area contributed by atoms with E-state index in [4.69, 9.17) is 0 Å². The van der Waals surface area contributed by atoms with Crippen LogP contribution in [0.25, 0.3) is 0 Å². The molecule has 3 rings (SSSR count). The molecule has 2 amide bonds. The zero-order valence-electron chi connectivity index (χ0n) is 14.1. The fourth-order valence-corrected chi connectivity index (χ4v) is 4.19. The van der Waals surface area contributed by atoms with Crippen LogP contribution in [0.4, 0.5) is 4.79 Å². The first-order valence-corrected chi connectivity index (χ1v) is 8.78. The van der Waals surface area contributed by atoms with E-state index in [2.05, 4.69) is 20.5 Å². The lowest BCUT2D eigenvalue weighted by atomic mass is 10.0. The van der Waals surface area contributed by atoms with Crippen LogP contribution in [0.3, 0.4) is 0 Å². The van der Waals surface area contributed by atoms with Gasteiger partial charge in [0.15, 0.2) is 0 Å². The van der Waals surface area contributed by atoms with Crippen molar-refractivity contribution < 1.29 is 4.79 Å². The second-order valence-electron chi connectivity index (χ2n) is 6.09. The number of nitrogens with one attached hydrogen (secondary N) is 2. The van der Waals surface area contributed by atoms with Crippen LogP contribution in [0.5, 0.6) is 0 Å². The number of hydrogen-bond donors (Lipinski definition) is 2. The summed E-state index contributed by atoms with van der Waals surface area (Å²) in [5.74, 6) is 0. The van der Waals surface area contributed by atoms with E-state index >= 15 is 0 Å². The van der Waals surface area contributed by atoms with Crippen LogP contribution in [-0.4, -0.2) is 32.7 Å². The standard InChI is InChI=1S/C16H23N5OS/c1-9-15(10(2)20-19-9)14-6-5-7-21(14)16(22)17-8-13-11(3)23-12(4)18-13/h14H,5-8H2,1-4H3,(H,17,22)(H,19,20)/t14-/m0/s1. The fourth-order valence-electron chi connectivity index (χ4n) is 3.36. The highest BCUT2D eigenvalue weighted by Gasteiger charge is 2.32. The minimum absolute atomic E-state index is 0.0162. The van der Waals surface area contributed by atoms with Crippen LogP contribution in [0.1, 0.15) is 51.4 Å². The number of carbonyl (C=O) groups is 1. The van der Waals surface area contributed by atoms with Gasteiger partial charge in [-0.25, -0.2) is 9.78 Å². The number of H-pyrrole nitrogens is 1. The molecule has 0 aromatic carbocycles. The van der Waals surface area contributed by atoms with Crippen LogP contribution >= 0.6 is 11.3 Å². The van der Waals surface area contributed by atoms with Crippen molar-refractivity contribution in [2.45, 2.75) is 53.1 Å². The highest BCUT2D eigenvalue weighted by Crippen LogP contribution is 2.34. The van der Waals surface area contributed by atoms with Gasteiger partial charge in [-0.15, -0.1) is 11.3 Å². The van der Waals surface area contributed by atoms with Gasteiger partial charge < -0.3 is 10.2 Å². The summed E-state index contributed by atoms with van der Waals surface area (Å²) in [5.41, 5.74) is 4.17. The van der Waals surface area contributed by atoms with Crippen LogP contribution in [0.15, 0.2) is 0 Å². The number of nitrogens with zero attached hydrogens (tertiary/aromatic N) is 3. The lowest BCUT2D eigenvalue weighted by molar-refractivity contribution is 0.192. The predicted molar refractivity (Wildman–Crippen MR) is 90.6 cm³/mol. The first-order chi connectivity index (χ1) is 11.0. The first-order valence-electron chi connectivity index (χ1n) is 7.96. The van der Waals surface area contributed by atoms with Gasteiger partial charge in [-0.05, 0) is 40.5 Å². The Balaban J connectivity index is 1.70. The van der Waals surface area contributed by atoms with Crippen molar-refractivity contribution in [2.75, 3.05) is 6.54 Å². The summed E-state index contributed by atoms with van der Waals surface area (Å²) in [7, 11) is 0. The van der Waals surface area contributed by atoms with E-state index in [9.17, 15) is 4.79 Å². The molecule has 0 aliphatic carbocycles. The van der Waals surface area contributed by atoms with Gasteiger partial charge in [-0.1, -0.05) is 0 Å². The number of aromatic nitrogens is 3. The normalized spacial score (nSPS) is 17.7. The third kappa shape index (κ3) is 3.10. The third-order valence-electron chi connectivity index (χ3n) is 4.44. The molecular weight excluding hydrogens is 310 g/mol. The molecule has 1 aliphatic rings. The van der Waals surface area contributed by atoms with E-state index in [-0.39, 0.29) is 12.1 Å². The van der Waals surface area contributed by atoms with Crippen molar-refractivity contribution in [3.8, 4) is 0 Å². The van der Waals surface area contributed by atoms with Crippen LogP contribution in [-0.2, 0) is 6.54 Å². The molecule has 2 aromatic rings. The van der Waals surface area contributed by atoms with E-state index in [1.54, 1.807) is 11.3 Å². The van der Waals surface area contributed by atoms with Crippen LogP contribution in [0, 0.1) is 27.7 Å². The molecule has 0 spiro atoms. The summed E-state index contributed by atoms with van der Waals surface area (Å²) in [6.45, 7) is 9.32. The van der Waals surface area contributed by atoms with Crippen molar-refractivity contribution in [3.63, 3.8) is 0 Å². The fraction of sp³-hybridized carbons (Fsp3) is 0.562. The van der Waals surface area contributed by atoms with Crippen molar-refractivity contribution in [1.82, 2.24) is 25.4 Å². The van der Waals surface area contributed by atoms with Gasteiger partial charge in [0.2, 0.25) is 0 Å². The molecule has 2 N–H and O–H groups in total. The van der Waals surface area contributed by atoms with Gasteiger partial charge in [0, 0.05) is 22.7 Å². The molecule has 6 nitrogen and oxygen atoms in total. The molecule has 1 saturated heterocycles. The Bertz CT molecular complexity index is 701. The number of hydrogen-bond acceptors (Lipinski definition) is 4. The maximum Gasteiger partial charge on any atom is 0.318 e. The quantitative estimate of drug-likeness (QED) is 0.906. The van der Waals surface area contributed by atoms with Crippen molar-refractivity contribution in [3.05, 3.63) is 32.5 Å². The molecule has 2 aromatic heterocycles. The molecule has 0 saturated carbocycles. The number of aryl methyl sites for hydroxylation is 4. The molecule has 0 bridgehead atoms. The number of thiazole rings is 1. The van der Waals surface area contributed by atoms with E-state index in [0.717, 1.165) is 41.5 Å². The number of rotatable bonds is 3. The SMILES string of the molecule is Cc1nc(CNC(=O)N2CCC[C@H]2c2c(C)n[nH]c2C)c(C)s1. The van der Waals surface area contributed by atoms with Gasteiger partial charge >= 0.3 is 6.03 Å². The molecule has 124 valence electrons. The smallest absolute Gasteiger partial charge is 0.318 e. The van der Waals surface area contributed by atoms with Crippen LogP contribution < -0.4 is 5.32 Å². The third-order valence-corrected chi connectivity index (χ3v) is 5.37. The molecule has 1 fully saturated rings. The predicted octanol–water partition coefficient (Wildman–Crippen LogP) is 3.15. The average molecular weight is 333 g/mol. The average Bonchev–Trinajstić information content (AvgIpc) is 3.17. The summed E-state index contributed by atoms with van der Waals surface area (Å²) in [4.78, 5) is 20.2. The van der Waals surface area contributed by atoms with Crippen molar-refractivity contribution >= 4 is 17.4 Å². The molecule has 0 radical (unpaired) electrons. The zero-order valence-corrected chi connectivity index (χ0v) is 14.9. The minimum atomic E-state index is -0.0162. The number of likely N-dealkylation sites (tertiary alicyclic amines) is 1. The van der Waals surface area contributed by atoms with E-state index < -0.39 is 0 Å². The lowest BCUT2D eigenvalue weighted by Gasteiger charge is -2.25. The summed E-state index contributed by atoms with van der Waals surface area (Å²) < 4.78 is 0. The van der Waals surface area contributed by atoms with Gasteiger partial charge in [-0.2, -0.15) is 5.10 Å². The van der Waals surface area contributed by atoms with Crippen molar-refractivity contribution in [1.29, 1.82) is 0 Å². The molecular formula is C16H23N5OS. The molecule has 1 atom stereocenters. The summed E-state index contributed by atoms with van der Waals surface area (Å²) >= 11 is 1.67. The van der Waals surface area contributed by atoms with E-state index in [1.807, 2.05) is 32.6 Å². The molecule has 3 heterocycles. The van der Waals surface area contributed by atoms with E-state index in [1.165, 1.54) is 10.4 Å². The number of carbonyl (C=O) groups excluding carboxylic acids is 1. The molecule has 0 unspecified atom stereocenters.